The molecule has 0 radical (unpaired) electrons. The minimum absolute atomic E-state index is 0.00180. The van der Waals surface area contributed by atoms with Gasteiger partial charge in [0.15, 0.2) is 5.78 Å². The van der Waals surface area contributed by atoms with Crippen LogP contribution in [-0.2, 0) is 6.42 Å². The molecule has 2 aromatic rings. The van der Waals surface area contributed by atoms with E-state index in [1.54, 1.807) is 18.2 Å². The van der Waals surface area contributed by atoms with Gasteiger partial charge in [0.05, 0.1) is 19.2 Å². The van der Waals surface area contributed by atoms with Crippen LogP contribution < -0.4 is 4.74 Å². The van der Waals surface area contributed by atoms with Crippen molar-refractivity contribution in [2.24, 2.45) is 0 Å². The molecule has 18 heavy (non-hydrogen) atoms. The molecule has 0 saturated heterocycles. The molecule has 0 fully saturated rings. The summed E-state index contributed by atoms with van der Waals surface area (Å²) in [6.07, 6.45) is 0.222. The molecule has 0 bridgehead atoms. The highest BCUT2D eigenvalue weighted by Gasteiger charge is 2.11. The lowest BCUT2D eigenvalue weighted by molar-refractivity contribution is 0.0991. The molecule has 0 aliphatic heterocycles. The first-order chi connectivity index (χ1) is 8.70. The molecule has 0 atom stereocenters. The van der Waals surface area contributed by atoms with Crippen LogP contribution in [0.15, 0.2) is 40.9 Å². The zero-order chi connectivity index (χ0) is 13.0. The summed E-state index contributed by atoms with van der Waals surface area (Å²) < 4.78 is 5.70. The lowest BCUT2D eigenvalue weighted by atomic mass is 10.1. The highest BCUT2D eigenvalue weighted by molar-refractivity contribution is 9.10. The molecular weight excluding hydrogens is 296 g/mol. The number of aromatic nitrogens is 2. The molecule has 1 heterocycles. The van der Waals surface area contributed by atoms with Gasteiger partial charge < -0.3 is 4.74 Å². The SMILES string of the molecule is COc1ccc(CC(=O)c2ccccc2Br)nn1. The van der Waals surface area contributed by atoms with Crippen molar-refractivity contribution in [1.82, 2.24) is 10.2 Å². The number of nitrogens with zero attached hydrogens (tertiary/aromatic N) is 2. The van der Waals surface area contributed by atoms with E-state index < -0.39 is 0 Å². The maximum atomic E-state index is 12.1. The molecule has 0 saturated carbocycles. The first kappa shape index (κ1) is 12.7. The number of ketones is 1. The summed E-state index contributed by atoms with van der Waals surface area (Å²) in [6.45, 7) is 0. The van der Waals surface area contributed by atoms with Crippen molar-refractivity contribution in [3.8, 4) is 5.88 Å². The standard InChI is InChI=1S/C13H11BrN2O2/c1-18-13-7-6-9(15-16-13)8-12(17)10-4-2-3-5-11(10)14/h2-7H,8H2,1H3. The van der Waals surface area contributed by atoms with Crippen LogP contribution in [0.5, 0.6) is 5.88 Å². The quantitative estimate of drug-likeness (QED) is 0.815. The predicted molar refractivity (Wildman–Crippen MR) is 70.8 cm³/mol. The van der Waals surface area contributed by atoms with Gasteiger partial charge in [-0.2, -0.15) is 5.10 Å². The first-order valence-electron chi connectivity index (χ1n) is 5.35. The molecule has 0 spiro atoms. The monoisotopic (exact) mass is 306 g/mol. The highest BCUT2D eigenvalue weighted by Crippen LogP contribution is 2.17. The van der Waals surface area contributed by atoms with Crippen molar-refractivity contribution in [3.63, 3.8) is 0 Å². The van der Waals surface area contributed by atoms with Gasteiger partial charge in [-0.15, -0.1) is 5.10 Å². The van der Waals surface area contributed by atoms with E-state index in [2.05, 4.69) is 26.1 Å². The summed E-state index contributed by atoms with van der Waals surface area (Å²) in [6, 6.07) is 10.7. The summed E-state index contributed by atoms with van der Waals surface area (Å²) >= 11 is 3.36. The topological polar surface area (TPSA) is 52.1 Å². The zero-order valence-corrected chi connectivity index (χ0v) is 11.3. The molecule has 2 rings (SSSR count). The summed E-state index contributed by atoms with van der Waals surface area (Å²) in [7, 11) is 1.52. The maximum absolute atomic E-state index is 12.1. The number of hydrogen-bond acceptors (Lipinski definition) is 4. The Bertz CT molecular complexity index is 555. The Morgan fingerprint density at radius 2 is 2.00 bits per heavy atom. The fourth-order valence-electron chi connectivity index (χ4n) is 1.50. The minimum Gasteiger partial charge on any atom is -0.480 e. The highest BCUT2D eigenvalue weighted by atomic mass is 79.9. The zero-order valence-electron chi connectivity index (χ0n) is 9.76. The van der Waals surface area contributed by atoms with Crippen LogP contribution in [0.1, 0.15) is 16.1 Å². The first-order valence-corrected chi connectivity index (χ1v) is 6.14. The average molecular weight is 307 g/mol. The number of benzene rings is 1. The molecule has 92 valence electrons. The molecule has 0 N–H and O–H groups in total. The van der Waals surface area contributed by atoms with Crippen LogP contribution in [0.25, 0.3) is 0 Å². The third-order valence-electron chi connectivity index (χ3n) is 2.42. The molecule has 1 aromatic carbocycles. The Balaban J connectivity index is 2.14. The lowest BCUT2D eigenvalue weighted by Crippen LogP contribution is -2.06. The van der Waals surface area contributed by atoms with Crippen LogP contribution in [0.3, 0.4) is 0 Å². The molecular formula is C13H11BrN2O2. The van der Waals surface area contributed by atoms with E-state index in [1.807, 2.05) is 18.2 Å². The van der Waals surface area contributed by atoms with Gasteiger partial charge in [-0.3, -0.25) is 4.79 Å². The van der Waals surface area contributed by atoms with Crippen molar-refractivity contribution in [1.29, 1.82) is 0 Å². The minimum atomic E-state index is 0.00180. The summed E-state index contributed by atoms with van der Waals surface area (Å²) in [5.74, 6) is 0.439. The van der Waals surface area contributed by atoms with Gasteiger partial charge in [-0.1, -0.05) is 34.1 Å². The smallest absolute Gasteiger partial charge is 0.233 e. The number of methoxy groups -OCH3 is 1. The second-order valence-corrected chi connectivity index (χ2v) is 4.50. The second kappa shape index (κ2) is 5.73. The maximum Gasteiger partial charge on any atom is 0.233 e. The van der Waals surface area contributed by atoms with Gasteiger partial charge in [0.1, 0.15) is 0 Å². The van der Waals surface area contributed by atoms with E-state index in [0.29, 0.717) is 17.1 Å². The predicted octanol–water partition coefficient (Wildman–Crippen LogP) is 2.67. The Labute approximate surface area is 113 Å². The van der Waals surface area contributed by atoms with Gasteiger partial charge in [-0.25, -0.2) is 0 Å². The number of hydrogen-bond donors (Lipinski definition) is 0. The normalized spacial score (nSPS) is 10.1. The van der Waals surface area contributed by atoms with Crippen molar-refractivity contribution < 1.29 is 9.53 Å². The van der Waals surface area contributed by atoms with Crippen LogP contribution in [0, 0.1) is 0 Å². The molecule has 5 heteroatoms. The van der Waals surface area contributed by atoms with E-state index >= 15 is 0 Å². The summed E-state index contributed by atoms with van der Waals surface area (Å²) in [5.41, 5.74) is 1.27. The molecule has 4 nitrogen and oxygen atoms in total. The fraction of sp³-hybridized carbons (Fsp3) is 0.154. The third kappa shape index (κ3) is 2.92. The average Bonchev–Trinajstić information content (AvgIpc) is 2.40. The summed E-state index contributed by atoms with van der Waals surface area (Å²) in [4.78, 5) is 12.1. The van der Waals surface area contributed by atoms with Gasteiger partial charge >= 0.3 is 0 Å². The van der Waals surface area contributed by atoms with Crippen LogP contribution in [0.2, 0.25) is 0 Å². The molecule has 0 aliphatic carbocycles. The summed E-state index contributed by atoms with van der Waals surface area (Å²) in [5, 5.41) is 7.76. The second-order valence-electron chi connectivity index (χ2n) is 3.65. The van der Waals surface area contributed by atoms with Crippen LogP contribution in [0.4, 0.5) is 0 Å². The largest absolute Gasteiger partial charge is 0.480 e. The lowest BCUT2D eigenvalue weighted by Gasteiger charge is -2.03. The third-order valence-corrected chi connectivity index (χ3v) is 3.11. The van der Waals surface area contributed by atoms with Gasteiger partial charge in [-0.05, 0) is 12.1 Å². The van der Waals surface area contributed by atoms with Crippen LogP contribution >= 0.6 is 15.9 Å². The van der Waals surface area contributed by atoms with E-state index in [9.17, 15) is 4.79 Å². The molecule has 0 aliphatic rings. The van der Waals surface area contributed by atoms with Crippen molar-refractivity contribution in [2.75, 3.05) is 7.11 Å². The van der Waals surface area contributed by atoms with Crippen molar-refractivity contribution in [2.45, 2.75) is 6.42 Å². The number of rotatable bonds is 4. The number of carbonyl (C=O) groups is 1. The van der Waals surface area contributed by atoms with Crippen molar-refractivity contribution >= 4 is 21.7 Å². The van der Waals surface area contributed by atoms with Gasteiger partial charge in [0.2, 0.25) is 5.88 Å². The van der Waals surface area contributed by atoms with Gasteiger partial charge in [0.25, 0.3) is 0 Å². The number of carbonyl (C=O) groups excluding carboxylic acids is 1. The molecule has 0 amide bonds. The Morgan fingerprint density at radius 1 is 1.22 bits per heavy atom. The van der Waals surface area contributed by atoms with Crippen molar-refractivity contribution in [3.05, 3.63) is 52.1 Å². The Kier molecular flexibility index (Phi) is 4.04. The molecule has 0 unspecified atom stereocenters. The van der Waals surface area contributed by atoms with E-state index in [1.165, 1.54) is 7.11 Å². The fourth-order valence-corrected chi connectivity index (χ4v) is 2.00. The van der Waals surface area contributed by atoms with Gasteiger partial charge in [0, 0.05) is 16.1 Å². The van der Waals surface area contributed by atoms with Crippen LogP contribution in [-0.4, -0.2) is 23.1 Å². The van der Waals surface area contributed by atoms with E-state index in [0.717, 1.165) is 4.47 Å². The number of Topliss-reactive ketones (excluding diaryl/α,β-unsaturated/α-hetero) is 1. The number of ether oxygens (including phenoxy) is 1. The van der Waals surface area contributed by atoms with E-state index in [4.69, 9.17) is 4.74 Å². The molecule has 1 aromatic heterocycles. The Hall–Kier alpha value is -1.75. The number of halogens is 1. The van der Waals surface area contributed by atoms with E-state index in [-0.39, 0.29) is 12.2 Å². The Morgan fingerprint density at radius 3 is 2.61 bits per heavy atom.